The van der Waals surface area contributed by atoms with Crippen molar-refractivity contribution < 1.29 is 19.4 Å². The number of rotatable bonds is 4. The van der Waals surface area contributed by atoms with Gasteiger partial charge in [-0.15, -0.1) is 0 Å². The maximum absolute atomic E-state index is 12.9. The standard InChI is InChI=1S/C25H35N3O4/c1-16(2)8-12-28-13-11-23(20-14-19(32-5)7-6-17(20)3)15-24(21(29)26-22(30)27-24)9-10-25(23,31)18(28)4/h6-8,14,18,31H,9-13,15H2,1-5H3,(H2,26,27,29,30). The number of allylic oxidation sites excluding steroid dienone is 1. The van der Waals surface area contributed by atoms with E-state index in [0.29, 0.717) is 25.7 Å². The molecule has 2 aliphatic heterocycles. The van der Waals surface area contributed by atoms with Crippen molar-refractivity contribution in [2.45, 2.75) is 76.0 Å². The van der Waals surface area contributed by atoms with Gasteiger partial charge in [0.15, 0.2) is 0 Å². The Bertz CT molecular complexity index is 972. The average Bonchev–Trinajstić information content (AvgIpc) is 3.02. The topological polar surface area (TPSA) is 90.9 Å². The van der Waals surface area contributed by atoms with Gasteiger partial charge in [0.2, 0.25) is 0 Å². The molecule has 2 saturated heterocycles. The average molecular weight is 442 g/mol. The Hall–Kier alpha value is -2.38. The number of aryl methyl sites for hydroxylation is 1. The van der Waals surface area contributed by atoms with E-state index in [-0.39, 0.29) is 11.9 Å². The fraction of sp³-hybridized carbons (Fsp3) is 0.600. The van der Waals surface area contributed by atoms with Crippen LogP contribution in [0.3, 0.4) is 0 Å². The molecule has 1 aromatic carbocycles. The minimum atomic E-state index is -1.06. The van der Waals surface area contributed by atoms with Gasteiger partial charge in [-0.3, -0.25) is 15.0 Å². The van der Waals surface area contributed by atoms with Gasteiger partial charge >= 0.3 is 6.03 Å². The van der Waals surface area contributed by atoms with Gasteiger partial charge in [-0.2, -0.15) is 0 Å². The van der Waals surface area contributed by atoms with Crippen LogP contribution in [0.2, 0.25) is 0 Å². The van der Waals surface area contributed by atoms with Gasteiger partial charge in [-0.05, 0) is 83.2 Å². The van der Waals surface area contributed by atoms with Crippen molar-refractivity contribution in [3.63, 3.8) is 0 Å². The first-order chi connectivity index (χ1) is 15.1. The molecule has 3 N–H and O–H groups in total. The van der Waals surface area contributed by atoms with E-state index in [9.17, 15) is 14.7 Å². The highest BCUT2D eigenvalue weighted by molar-refractivity contribution is 6.07. The van der Waals surface area contributed by atoms with Crippen LogP contribution in [0.4, 0.5) is 4.79 Å². The van der Waals surface area contributed by atoms with Crippen LogP contribution in [0.15, 0.2) is 29.8 Å². The van der Waals surface area contributed by atoms with E-state index in [4.69, 9.17) is 4.74 Å². The third kappa shape index (κ3) is 3.33. The molecule has 4 unspecified atom stereocenters. The van der Waals surface area contributed by atoms with E-state index in [1.807, 2.05) is 25.1 Å². The number of nitrogens with one attached hydrogen (secondary N) is 2. The molecular formula is C25H35N3O4. The molecule has 1 aromatic rings. The lowest BCUT2D eigenvalue weighted by molar-refractivity contribution is -0.168. The van der Waals surface area contributed by atoms with Crippen LogP contribution in [-0.4, -0.2) is 59.3 Å². The smallest absolute Gasteiger partial charge is 0.322 e. The molecule has 0 radical (unpaired) electrons. The minimum Gasteiger partial charge on any atom is -0.497 e. The Balaban J connectivity index is 1.85. The van der Waals surface area contributed by atoms with E-state index in [2.05, 4.69) is 42.4 Å². The molecular weight excluding hydrogens is 406 g/mol. The second-order valence-corrected chi connectivity index (χ2v) is 10.1. The predicted octanol–water partition coefficient (Wildman–Crippen LogP) is 2.80. The van der Waals surface area contributed by atoms with Crippen LogP contribution in [0.5, 0.6) is 5.75 Å². The van der Waals surface area contributed by atoms with Crippen LogP contribution >= 0.6 is 0 Å². The van der Waals surface area contributed by atoms with Crippen LogP contribution in [0.1, 0.15) is 57.6 Å². The number of benzene rings is 1. The van der Waals surface area contributed by atoms with Gasteiger partial charge in [-0.1, -0.05) is 17.7 Å². The van der Waals surface area contributed by atoms with Crippen LogP contribution in [0, 0.1) is 6.92 Å². The number of aliphatic hydroxyl groups is 1. The van der Waals surface area contributed by atoms with Crippen molar-refractivity contribution in [3.05, 3.63) is 41.0 Å². The monoisotopic (exact) mass is 441 g/mol. The molecule has 3 aliphatic rings. The van der Waals surface area contributed by atoms with Crippen molar-refractivity contribution in [1.29, 1.82) is 0 Å². The number of fused-ring (bicyclic) bond motifs is 1. The van der Waals surface area contributed by atoms with E-state index in [1.54, 1.807) is 7.11 Å². The van der Waals surface area contributed by atoms with Crippen LogP contribution < -0.4 is 15.4 Å². The van der Waals surface area contributed by atoms with Crippen molar-refractivity contribution in [1.82, 2.24) is 15.5 Å². The molecule has 7 nitrogen and oxygen atoms in total. The van der Waals surface area contributed by atoms with Crippen LogP contribution in [-0.2, 0) is 10.2 Å². The second-order valence-electron chi connectivity index (χ2n) is 10.1. The van der Waals surface area contributed by atoms with E-state index < -0.39 is 22.6 Å². The molecule has 32 heavy (non-hydrogen) atoms. The molecule has 3 amide bonds. The minimum absolute atomic E-state index is 0.116. The lowest BCUT2D eigenvalue weighted by Crippen LogP contribution is -2.73. The number of piperidine rings is 1. The summed E-state index contributed by atoms with van der Waals surface area (Å²) in [4.78, 5) is 27.4. The number of methoxy groups -OCH3 is 1. The number of hydrogen-bond donors (Lipinski definition) is 3. The molecule has 4 rings (SSSR count). The Kier molecular flexibility index (Phi) is 5.62. The fourth-order valence-corrected chi connectivity index (χ4v) is 6.23. The first-order valence-electron chi connectivity index (χ1n) is 11.5. The number of likely N-dealkylation sites (tertiary alicyclic amines) is 1. The van der Waals surface area contributed by atoms with E-state index >= 15 is 0 Å². The summed E-state index contributed by atoms with van der Waals surface area (Å²) in [6.45, 7) is 9.86. The number of imide groups is 1. The van der Waals surface area contributed by atoms with Crippen molar-refractivity contribution in [3.8, 4) is 5.75 Å². The summed E-state index contributed by atoms with van der Waals surface area (Å²) < 4.78 is 5.53. The van der Waals surface area contributed by atoms with Gasteiger partial charge in [0, 0.05) is 18.0 Å². The molecule has 1 spiro atoms. The summed E-state index contributed by atoms with van der Waals surface area (Å²) in [5, 5.41) is 17.8. The zero-order chi connectivity index (χ0) is 23.3. The summed E-state index contributed by atoms with van der Waals surface area (Å²) in [5.74, 6) is 0.436. The summed E-state index contributed by atoms with van der Waals surface area (Å²) in [7, 11) is 1.63. The highest BCUT2D eigenvalue weighted by Crippen LogP contribution is 2.57. The highest BCUT2D eigenvalue weighted by Gasteiger charge is 2.66. The second kappa shape index (κ2) is 7.89. The molecule has 1 aliphatic carbocycles. The molecule has 1 saturated carbocycles. The summed E-state index contributed by atoms with van der Waals surface area (Å²) in [5.41, 5.74) is 0.548. The summed E-state index contributed by atoms with van der Waals surface area (Å²) in [6.07, 6.45) is 4.07. The molecule has 7 heteroatoms. The quantitative estimate of drug-likeness (QED) is 0.494. The molecule has 2 heterocycles. The largest absolute Gasteiger partial charge is 0.497 e. The third-order valence-electron chi connectivity index (χ3n) is 8.14. The highest BCUT2D eigenvalue weighted by atomic mass is 16.5. The van der Waals surface area contributed by atoms with E-state index in [0.717, 1.165) is 30.0 Å². The van der Waals surface area contributed by atoms with Crippen molar-refractivity contribution >= 4 is 11.9 Å². The fourth-order valence-electron chi connectivity index (χ4n) is 6.23. The number of carbonyl (C=O) groups excluding carboxylic acids is 2. The molecule has 0 bridgehead atoms. The van der Waals surface area contributed by atoms with Gasteiger partial charge in [-0.25, -0.2) is 4.79 Å². The van der Waals surface area contributed by atoms with Crippen LogP contribution in [0.25, 0.3) is 0 Å². The Labute approximate surface area is 190 Å². The number of nitrogens with zero attached hydrogens (tertiary/aromatic N) is 1. The number of urea groups is 1. The van der Waals surface area contributed by atoms with Crippen molar-refractivity contribution in [2.24, 2.45) is 0 Å². The number of hydrogen-bond acceptors (Lipinski definition) is 5. The Morgan fingerprint density at radius 3 is 2.66 bits per heavy atom. The normalized spacial score (nSPS) is 34.6. The first-order valence-corrected chi connectivity index (χ1v) is 11.5. The SMILES string of the molecule is COc1ccc(C)c(C23CCN(CC=C(C)C)C(C)C2(O)CCC2(C3)NC(=O)NC2=O)c1. The maximum Gasteiger partial charge on any atom is 0.322 e. The molecule has 3 fully saturated rings. The molecule has 174 valence electrons. The number of amides is 3. The van der Waals surface area contributed by atoms with E-state index in [1.165, 1.54) is 5.57 Å². The van der Waals surface area contributed by atoms with Gasteiger partial charge in [0.05, 0.1) is 12.7 Å². The van der Waals surface area contributed by atoms with Gasteiger partial charge < -0.3 is 15.2 Å². The summed E-state index contributed by atoms with van der Waals surface area (Å²) >= 11 is 0. The number of ether oxygens (including phenoxy) is 1. The maximum atomic E-state index is 12.9. The first kappa shape index (κ1) is 22.8. The molecule has 0 aromatic heterocycles. The molecule has 4 atom stereocenters. The lowest BCUT2D eigenvalue weighted by atomic mass is 9.49. The number of carbonyl (C=O) groups is 2. The Morgan fingerprint density at radius 1 is 1.28 bits per heavy atom. The predicted molar refractivity (Wildman–Crippen MR) is 123 cm³/mol. The third-order valence-corrected chi connectivity index (χ3v) is 8.14. The lowest BCUT2D eigenvalue weighted by Gasteiger charge is -2.62. The Morgan fingerprint density at radius 2 is 2.03 bits per heavy atom. The zero-order valence-electron chi connectivity index (χ0n) is 19.7. The van der Waals surface area contributed by atoms with Gasteiger partial charge in [0.25, 0.3) is 5.91 Å². The van der Waals surface area contributed by atoms with Gasteiger partial charge in [0.1, 0.15) is 11.3 Å². The summed E-state index contributed by atoms with van der Waals surface area (Å²) in [6, 6.07) is 5.37. The van der Waals surface area contributed by atoms with Crippen molar-refractivity contribution in [2.75, 3.05) is 20.2 Å². The zero-order valence-corrected chi connectivity index (χ0v) is 19.7.